The maximum absolute atomic E-state index is 12.6. The van der Waals surface area contributed by atoms with Gasteiger partial charge in [-0.05, 0) is 31.9 Å². The first-order chi connectivity index (χ1) is 10.5. The second-order valence-electron chi connectivity index (χ2n) is 5.54. The summed E-state index contributed by atoms with van der Waals surface area (Å²) in [7, 11) is 0. The number of H-pyrrole nitrogens is 1. The number of hydrogen-bond donors (Lipinski definition) is 2. The van der Waals surface area contributed by atoms with E-state index < -0.39 is 0 Å². The highest BCUT2D eigenvalue weighted by Gasteiger charge is 2.18. The summed E-state index contributed by atoms with van der Waals surface area (Å²) in [5.41, 5.74) is 5.78. The van der Waals surface area contributed by atoms with E-state index in [2.05, 4.69) is 10.1 Å². The Bertz CT molecular complexity index is 906. The molecular weight excluding hydrogens is 278 g/mol. The molecule has 0 aliphatic heterocycles. The number of rotatable bonds is 3. The third-order valence-electron chi connectivity index (χ3n) is 4.04. The van der Waals surface area contributed by atoms with Gasteiger partial charge in [-0.2, -0.15) is 0 Å². The molecule has 3 rings (SSSR count). The maximum atomic E-state index is 12.6. The van der Waals surface area contributed by atoms with Crippen LogP contribution in [0.3, 0.4) is 0 Å². The highest BCUT2D eigenvalue weighted by molar-refractivity contribution is 5.81. The topological polar surface area (TPSA) is 70.4 Å². The SMILES string of the molecule is Cc1ccccc1-c1c(C)[nH]n2c(=O)c(CCO)c(C)nc12. The third-order valence-corrected chi connectivity index (χ3v) is 4.04. The lowest BCUT2D eigenvalue weighted by molar-refractivity contribution is 0.298. The maximum Gasteiger partial charge on any atom is 0.276 e. The number of aromatic nitrogens is 3. The minimum Gasteiger partial charge on any atom is -0.396 e. The summed E-state index contributed by atoms with van der Waals surface area (Å²) in [5.74, 6) is 0. The number of fused-ring (bicyclic) bond motifs is 1. The van der Waals surface area contributed by atoms with Crippen LogP contribution < -0.4 is 5.56 Å². The van der Waals surface area contributed by atoms with Crippen molar-refractivity contribution in [2.24, 2.45) is 0 Å². The third kappa shape index (κ3) is 2.14. The van der Waals surface area contributed by atoms with Gasteiger partial charge in [0.05, 0.1) is 0 Å². The second-order valence-corrected chi connectivity index (χ2v) is 5.54. The molecule has 0 aliphatic rings. The predicted molar refractivity (Wildman–Crippen MR) is 86.2 cm³/mol. The smallest absolute Gasteiger partial charge is 0.276 e. The standard InChI is InChI=1S/C17H19N3O2/c1-10-6-4-5-7-13(10)15-12(3)19-20-16(15)18-11(2)14(8-9-21)17(20)22/h4-7,19,21H,8-9H2,1-3H3. The van der Waals surface area contributed by atoms with E-state index in [1.807, 2.05) is 45.0 Å². The van der Waals surface area contributed by atoms with Crippen molar-refractivity contribution in [3.05, 3.63) is 57.1 Å². The Balaban J connectivity index is 2.37. The fraction of sp³-hybridized carbons (Fsp3) is 0.294. The number of aliphatic hydroxyl groups is 1. The molecule has 0 fully saturated rings. The minimum atomic E-state index is -0.139. The Labute approximate surface area is 128 Å². The molecule has 2 N–H and O–H groups in total. The van der Waals surface area contributed by atoms with E-state index in [-0.39, 0.29) is 12.2 Å². The van der Waals surface area contributed by atoms with Gasteiger partial charge in [-0.25, -0.2) is 9.50 Å². The van der Waals surface area contributed by atoms with Crippen LogP contribution in [0.2, 0.25) is 0 Å². The molecule has 0 radical (unpaired) electrons. The number of benzene rings is 1. The van der Waals surface area contributed by atoms with Gasteiger partial charge in [0, 0.05) is 35.5 Å². The van der Waals surface area contributed by atoms with E-state index in [4.69, 9.17) is 5.11 Å². The van der Waals surface area contributed by atoms with Crippen LogP contribution in [0.4, 0.5) is 0 Å². The van der Waals surface area contributed by atoms with Crippen LogP contribution in [0.25, 0.3) is 16.8 Å². The molecule has 0 unspecified atom stereocenters. The van der Waals surface area contributed by atoms with Crippen molar-refractivity contribution in [2.75, 3.05) is 6.61 Å². The zero-order chi connectivity index (χ0) is 15.9. The summed E-state index contributed by atoms with van der Waals surface area (Å²) in [6.07, 6.45) is 0.318. The van der Waals surface area contributed by atoms with Crippen molar-refractivity contribution < 1.29 is 5.11 Å². The first-order valence-corrected chi connectivity index (χ1v) is 7.32. The molecule has 114 valence electrons. The van der Waals surface area contributed by atoms with Crippen molar-refractivity contribution in [3.8, 4) is 11.1 Å². The Morgan fingerprint density at radius 3 is 2.64 bits per heavy atom. The molecule has 22 heavy (non-hydrogen) atoms. The Hall–Kier alpha value is -2.40. The summed E-state index contributed by atoms with van der Waals surface area (Å²) >= 11 is 0. The lowest BCUT2D eigenvalue weighted by atomic mass is 10.0. The van der Waals surface area contributed by atoms with Gasteiger partial charge in [-0.3, -0.25) is 9.89 Å². The quantitative estimate of drug-likeness (QED) is 0.778. The molecule has 0 aliphatic carbocycles. The Morgan fingerprint density at radius 2 is 1.95 bits per heavy atom. The Kier molecular flexibility index (Phi) is 3.58. The van der Waals surface area contributed by atoms with Crippen LogP contribution in [0, 0.1) is 20.8 Å². The lowest BCUT2D eigenvalue weighted by Crippen LogP contribution is -2.22. The minimum absolute atomic E-state index is 0.0613. The molecule has 2 aromatic heterocycles. The van der Waals surface area contributed by atoms with Crippen LogP contribution >= 0.6 is 0 Å². The van der Waals surface area contributed by atoms with Crippen molar-refractivity contribution in [1.82, 2.24) is 14.6 Å². The van der Waals surface area contributed by atoms with Crippen molar-refractivity contribution in [1.29, 1.82) is 0 Å². The number of aryl methyl sites for hydroxylation is 3. The zero-order valence-electron chi connectivity index (χ0n) is 13.0. The summed E-state index contributed by atoms with van der Waals surface area (Å²) < 4.78 is 1.48. The van der Waals surface area contributed by atoms with Gasteiger partial charge < -0.3 is 5.11 Å². The number of nitrogens with zero attached hydrogens (tertiary/aromatic N) is 2. The molecule has 3 aromatic rings. The first kappa shape index (κ1) is 14.5. The van der Waals surface area contributed by atoms with E-state index in [9.17, 15) is 4.79 Å². The van der Waals surface area contributed by atoms with Gasteiger partial charge in [0.25, 0.3) is 5.56 Å². The molecule has 0 saturated heterocycles. The summed E-state index contributed by atoms with van der Waals surface area (Å²) in [6, 6.07) is 8.06. The Morgan fingerprint density at radius 1 is 1.23 bits per heavy atom. The molecule has 0 saturated carbocycles. The highest BCUT2D eigenvalue weighted by Crippen LogP contribution is 2.29. The van der Waals surface area contributed by atoms with E-state index in [1.54, 1.807) is 0 Å². The predicted octanol–water partition coefficient (Wildman–Crippen LogP) is 2.15. The molecule has 5 nitrogen and oxygen atoms in total. The van der Waals surface area contributed by atoms with Crippen LogP contribution in [-0.2, 0) is 6.42 Å². The second kappa shape index (κ2) is 5.42. The normalized spacial score (nSPS) is 11.3. The zero-order valence-corrected chi connectivity index (χ0v) is 13.0. The van der Waals surface area contributed by atoms with Gasteiger partial charge >= 0.3 is 0 Å². The van der Waals surface area contributed by atoms with Gasteiger partial charge in [0.15, 0.2) is 5.65 Å². The van der Waals surface area contributed by atoms with Crippen molar-refractivity contribution in [3.63, 3.8) is 0 Å². The van der Waals surface area contributed by atoms with E-state index in [0.29, 0.717) is 23.3 Å². The molecule has 5 heteroatoms. The van der Waals surface area contributed by atoms with Gasteiger partial charge in [0.2, 0.25) is 0 Å². The van der Waals surface area contributed by atoms with E-state index in [1.165, 1.54) is 4.52 Å². The van der Waals surface area contributed by atoms with Gasteiger partial charge in [0.1, 0.15) is 0 Å². The number of nitrogens with one attached hydrogen (secondary N) is 1. The molecule has 0 bridgehead atoms. The average molecular weight is 297 g/mol. The van der Waals surface area contributed by atoms with Crippen LogP contribution in [0.5, 0.6) is 0 Å². The van der Waals surface area contributed by atoms with Crippen molar-refractivity contribution >= 4 is 5.65 Å². The van der Waals surface area contributed by atoms with Crippen LogP contribution in [-0.4, -0.2) is 26.3 Å². The monoisotopic (exact) mass is 297 g/mol. The van der Waals surface area contributed by atoms with E-state index >= 15 is 0 Å². The molecule has 0 amide bonds. The number of aliphatic hydroxyl groups excluding tert-OH is 1. The van der Waals surface area contributed by atoms with Crippen LogP contribution in [0.1, 0.15) is 22.5 Å². The molecule has 2 heterocycles. The number of aromatic amines is 1. The first-order valence-electron chi connectivity index (χ1n) is 7.32. The summed E-state index contributed by atoms with van der Waals surface area (Å²) in [6.45, 7) is 5.74. The van der Waals surface area contributed by atoms with Gasteiger partial charge in [-0.1, -0.05) is 24.3 Å². The molecule has 1 aromatic carbocycles. The fourth-order valence-electron chi connectivity index (χ4n) is 2.90. The highest BCUT2D eigenvalue weighted by atomic mass is 16.3. The summed E-state index contributed by atoms with van der Waals surface area (Å²) in [5, 5.41) is 12.2. The summed E-state index contributed by atoms with van der Waals surface area (Å²) in [4.78, 5) is 17.2. The largest absolute Gasteiger partial charge is 0.396 e. The fourth-order valence-corrected chi connectivity index (χ4v) is 2.90. The molecule has 0 atom stereocenters. The molecule has 0 spiro atoms. The van der Waals surface area contributed by atoms with E-state index in [0.717, 1.165) is 22.4 Å². The van der Waals surface area contributed by atoms with Crippen LogP contribution in [0.15, 0.2) is 29.1 Å². The number of hydrogen-bond acceptors (Lipinski definition) is 3. The van der Waals surface area contributed by atoms with Gasteiger partial charge in [-0.15, -0.1) is 0 Å². The van der Waals surface area contributed by atoms with Crippen molar-refractivity contribution in [2.45, 2.75) is 27.2 Å². The average Bonchev–Trinajstić information content (AvgIpc) is 2.81. The lowest BCUT2D eigenvalue weighted by Gasteiger charge is -2.07. The molecular formula is C17H19N3O2.